The van der Waals surface area contributed by atoms with Crippen LogP contribution in [0.25, 0.3) is 28.3 Å². The molecule has 0 amide bonds. The molecule has 2 aliphatic heterocycles. The van der Waals surface area contributed by atoms with Crippen LogP contribution in [0.1, 0.15) is 17.9 Å². The Morgan fingerprint density at radius 1 is 1.06 bits per heavy atom. The van der Waals surface area contributed by atoms with E-state index in [2.05, 4.69) is 15.1 Å². The number of imidazole rings is 1. The van der Waals surface area contributed by atoms with Crippen molar-refractivity contribution in [2.45, 2.75) is 25.3 Å². The molecule has 168 valence electrons. The van der Waals surface area contributed by atoms with Crippen LogP contribution in [0.2, 0.25) is 0 Å². The number of nitrogens with zero attached hydrogens (tertiary/aromatic N) is 4. The molecule has 0 spiro atoms. The van der Waals surface area contributed by atoms with Gasteiger partial charge in [-0.15, -0.1) is 0 Å². The number of hydrogen-bond acceptors (Lipinski definition) is 4. The molecule has 33 heavy (non-hydrogen) atoms. The molecule has 0 bridgehead atoms. The Labute approximate surface area is 184 Å². The van der Waals surface area contributed by atoms with Crippen molar-refractivity contribution in [3.63, 3.8) is 0 Å². The van der Waals surface area contributed by atoms with Crippen LogP contribution in [-0.4, -0.2) is 32.0 Å². The fourth-order valence-corrected chi connectivity index (χ4v) is 3.73. The van der Waals surface area contributed by atoms with E-state index in [-0.39, 0.29) is 35.8 Å². The predicted molar refractivity (Wildman–Crippen MR) is 109 cm³/mol. The number of pyridine rings is 1. The van der Waals surface area contributed by atoms with Crippen LogP contribution in [0.3, 0.4) is 0 Å². The minimum Gasteiger partial charge on any atom is -0.359 e. The molecule has 1 aliphatic carbocycles. The van der Waals surface area contributed by atoms with Crippen molar-refractivity contribution in [3.05, 3.63) is 83.8 Å². The van der Waals surface area contributed by atoms with Crippen molar-refractivity contribution in [2.75, 3.05) is 0 Å². The van der Waals surface area contributed by atoms with Crippen molar-refractivity contribution in [1.29, 1.82) is 0 Å². The fourth-order valence-electron chi connectivity index (χ4n) is 3.73. The largest absolute Gasteiger partial charge is 0.416 e. The van der Waals surface area contributed by atoms with E-state index in [4.69, 9.17) is 4.52 Å². The molecule has 0 saturated heterocycles. The third-order valence-electron chi connectivity index (χ3n) is 5.25. The number of benzene rings is 1. The highest BCUT2D eigenvalue weighted by Gasteiger charge is 2.39. The molecule has 0 saturated carbocycles. The van der Waals surface area contributed by atoms with Crippen LogP contribution in [0.15, 0.2) is 71.0 Å². The maximum absolute atomic E-state index is 14.4. The van der Waals surface area contributed by atoms with Gasteiger partial charge in [-0.1, -0.05) is 29.4 Å². The Bertz CT molecular complexity index is 1350. The van der Waals surface area contributed by atoms with E-state index in [0.717, 1.165) is 12.2 Å². The summed E-state index contributed by atoms with van der Waals surface area (Å²) in [6, 6.07) is 9.13. The number of aromatic nitrogens is 4. The van der Waals surface area contributed by atoms with Gasteiger partial charge in [0.25, 0.3) is 0 Å². The zero-order chi connectivity index (χ0) is 23.2. The summed E-state index contributed by atoms with van der Waals surface area (Å²) in [5, 5.41) is 3.68. The van der Waals surface area contributed by atoms with Gasteiger partial charge >= 0.3 is 6.18 Å². The number of alkyl halides is 4. The summed E-state index contributed by atoms with van der Waals surface area (Å²) in [6.07, 6.45) is -1.36. The molecular weight excluding hydrogens is 443 g/mol. The lowest BCUT2D eigenvalue weighted by Gasteiger charge is -2.19. The van der Waals surface area contributed by atoms with Crippen LogP contribution in [0, 0.1) is 5.82 Å². The maximum Gasteiger partial charge on any atom is 0.416 e. The van der Waals surface area contributed by atoms with Crippen molar-refractivity contribution < 1.29 is 26.5 Å². The first-order valence-electron chi connectivity index (χ1n) is 9.96. The molecule has 0 N–H and O–H groups in total. The summed E-state index contributed by atoms with van der Waals surface area (Å²) >= 11 is 0. The quantitative estimate of drug-likeness (QED) is 0.361. The average molecular weight is 458 g/mol. The molecule has 5 nitrogen and oxygen atoms in total. The molecule has 10 heteroatoms. The average Bonchev–Trinajstić information content (AvgIpc) is 3.40. The Balaban J connectivity index is 1.43. The van der Waals surface area contributed by atoms with Gasteiger partial charge in [0, 0.05) is 30.5 Å². The first kappa shape index (κ1) is 21.0. The Hall–Kier alpha value is -3.82. The number of hydrogen-bond donors (Lipinski definition) is 0. The van der Waals surface area contributed by atoms with E-state index < -0.39 is 29.3 Å². The van der Waals surface area contributed by atoms with Gasteiger partial charge in [-0.25, -0.2) is 18.7 Å². The third kappa shape index (κ3) is 4.04. The Morgan fingerprint density at radius 2 is 1.85 bits per heavy atom. The van der Waals surface area contributed by atoms with Crippen LogP contribution < -0.4 is 0 Å². The second-order valence-electron chi connectivity index (χ2n) is 7.52. The van der Waals surface area contributed by atoms with E-state index >= 15 is 0 Å². The standard InChI is InChI=1S/C23H15F5N4O/c24-16-6-2-1-4-14(16)22-29-18-8-9-32(12-20(18)30-22)11-13-10-19(31-33-13)21-15(23(26,27)28)5-3-7-17(21)25/h1-6,8-10,12,17H,7,11H2. The smallest absolute Gasteiger partial charge is 0.359 e. The van der Waals surface area contributed by atoms with E-state index in [1.54, 1.807) is 41.2 Å². The van der Waals surface area contributed by atoms with E-state index in [9.17, 15) is 22.0 Å². The molecule has 1 unspecified atom stereocenters. The molecule has 2 aromatic rings. The molecule has 1 atom stereocenters. The minimum atomic E-state index is -4.71. The molecule has 1 aromatic carbocycles. The van der Waals surface area contributed by atoms with Gasteiger partial charge in [-0.05, 0) is 18.2 Å². The predicted octanol–water partition coefficient (Wildman–Crippen LogP) is 5.84. The number of fused-ring (bicyclic) bond motifs is 1. The molecule has 0 radical (unpaired) electrons. The van der Waals surface area contributed by atoms with Gasteiger partial charge in [0.1, 0.15) is 23.4 Å². The summed E-state index contributed by atoms with van der Waals surface area (Å²) in [7, 11) is 0. The van der Waals surface area contributed by atoms with Crippen LogP contribution in [0.4, 0.5) is 22.0 Å². The molecule has 3 aliphatic rings. The van der Waals surface area contributed by atoms with E-state index in [0.29, 0.717) is 11.4 Å². The molecular formula is C23H15F5N4O. The zero-order valence-electron chi connectivity index (χ0n) is 16.9. The lowest BCUT2D eigenvalue weighted by Crippen LogP contribution is -2.19. The van der Waals surface area contributed by atoms with Crippen molar-refractivity contribution >= 4 is 5.57 Å². The monoisotopic (exact) mass is 458 g/mol. The number of halogens is 5. The highest BCUT2D eigenvalue weighted by molar-refractivity contribution is 5.74. The molecule has 5 rings (SSSR count). The summed E-state index contributed by atoms with van der Waals surface area (Å²) in [6.45, 7) is 0.117. The molecule has 0 fully saturated rings. The van der Waals surface area contributed by atoms with Gasteiger partial charge < -0.3 is 9.09 Å². The van der Waals surface area contributed by atoms with E-state index in [1.807, 2.05) is 0 Å². The van der Waals surface area contributed by atoms with Gasteiger partial charge in [0.05, 0.1) is 23.4 Å². The first-order valence-corrected chi connectivity index (χ1v) is 9.96. The van der Waals surface area contributed by atoms with Gasteiger partial charge in [0.15, 0.2) is 11.6 Å². The Morgan fingerprint density at radius 3 is 2.64 bits per heavy atom. The highest BCUT2D eigenvalue weighted by atomic mass is 19.4. The summed E-state index contributed by atoms with van der Waals surface area (Å²) in [5.74, 6) is 0.0406. The number of rotatable bonds is 4. The van der Waals surface area contributed by atoms with Gasteiger partial charge in [-0.3, -0.25) is 0 Å². The fraction of sp³-hybridized carbons (Fsp3) is 0.174. The summed E-state index contributed by atoms with van der Waals surface area (Å²) in [4.78, 5) is 8.70. The SMILES string of the molecule is Fc1ccccc1-c1nc2ccn(Cc3cc(C4=C(C(F)(F)F)C=CCC4F)no3)cc-2n1. The van der Waals surface area contributed by atoms with Crippen molar-refractivity contribution in [1.82, 2.24) is 19.7 Å². The highest BCUT2D eigenvalue weighted by Crippen LogP contribution is 2.39. The summed E-state index contributed by atoms with van der Waals surface area (Å²) < 4.78 is 75.2. The van der Waals surface area contributed by atoms with Gasteiger partial charge in [-0.2, -0.15) is 13.2 Å². The molecule has 1 aromatic heterocycles. The van der Waals surface area contributed by atoms with Crippen molar-refractivity contribution in [3.8, 4) is 22.8 Å². The zero-order valence-corrected chi connectivity index (χ0v) is 16.9. The van der Waals surface area contributed by atoms with Crippen LogP contribution in [0.5, 0.6) is 0 Å². The van der Waals surface area contributed by atoms with Crippen LogP contribution in [-0.2, 0) is 6.54 Å². The Kier molecular flexibility index (Phi) is 5.07. The minimum absolute atomic E-state index is 0.117. The first-order chi connectivity index (χ1) is 15.8. The summed E-state index contributed by atoms with van der Waals surface area (Å²) in [5.41, 5.74) is -0.461. The third-order valence-corrected chi connectivity index (χ3v) is 5.25. The van der Waals surface area contributed by atoms with E-state index in [1.165, 1.54) is 12.1 Å². The van der Waals surface area contributed by atoms with Gasteiger partial charge in [0.2, 0.25) is 0 Å². The second kappa shape index (κ2) is 7.95. The van der Waals surface area contributed by atoms with Crippen molar-refractivity contribution in [2.24, 2.45) is 0 Å². The molecule has 3 heterocycles. The normalized spacial score (nSPS) is 16.7. The van der Waals surface area contributed by atoms with Crippen LogP contribution >= 0.6 is 0 Å². The maximum atomic E-state index is 14.4. The lowest BCUT2D eigenvalue weighted by atomic mass is 9.93. The second-order valence-corrected chi connectivity index (χ2v) is 7.52. The topological polar surface area (TPSA) is 56.7 Å². The number of allylic oxidation sites excluding steroid dienone is 4. The lowest BCUT2D eigenvalue weighted by molar-refractivity contribution is -0.0882.